The molecule has 0 spiro atoms. The molecule has 0 amide bonds. The maximum absolute atomic E-state index is 11.4. The number of esters is 1. The summed E-state index contributed by atoms with van der Waals surface area (Å²) in [6.07, 6.45) is 7.24. The molecule has 0 aliphatic rings. The Morgan fingerprint density at radius 2 is 1.48 bits per heavy atom. The van der Waals surface area contributed by atoms with Crippen LogP contribution in [0.25, 0.3) is 0 Å². The van der Waals surface area contributed by atoms with Crippen molar-refractivity contribution < 1.29 is 14.0 Å². The number of unbranched alkanes of at least 4 members (excludes halogenated alkanes) is 1. The first kappa shape index (κ1) is 24.8. The Hall–Kier alpha value is -2.43. The second-order valence-electron chi connectivity index (χ2n) is 8.73. The fourth-order valence-electron chi connectivity index (χ4n) is 3.84. The third kappa shape index (κ3) is 6.78. The fraction of sp³-hybridized carbons (Fsp3) is 0.370. The number of benzene rings is 2. The van der Waals surface area contributed by atoms with Crippen molar-refractivity contribution >= 4 is 24.7 Å². The van der Waals surface area contributed by atoms with Crippen LogP contribution in [0.2, 0.25) is 5.04 Å². The average molecular weight is 437 g/mol. The molecule has 0 atom stereocenters. The fourth-order valence-corrected chi connectivity index (χ4v) is 8.44. The molecule has 3 nitrogen and oxygen atoms in total. The summed E-state index contributed by atoms with van der Waals surface area (Å²) in [5, 5.41) is 2.55. The molecule has 4 heteroatoms. The standard InChI is InChI=1S/C27H36O3Si/c1-6-29-26(28)21-15-7-10-16-23(2)22-30-31(27(3,4)5,24-17-11-8-12-18-24)25-19-13-9-14-20-25/h8-9,11-21H,6-7,10,22H2,1-5H3/b21-15+,23-16+. The molecule has 0 fully saturated rings. The summed E-state index contributed by atoms with van der Waals surface area (Å²) in [6, 6.07) is 21.4. The molecule has 0 aromatic heterocycles. The van der Waals surface area contributed by atoms with Gasteiger partial charge in [0.2, 0.25) is 0 Å². The number of carbonyl (C=O) groups is 1. The van der Waals surface area contributed by atoms with Crippen molar-refractivity contribution in [3.05, 3.63) is 84.5 Å². The van der Waals surface area contributed by atoms with Crippen molar-refractivity contribution in [1.29, 1.82) is 0 Å². The lowest BCUT2D eigenvalue weighted by atomic mass is 10.2. The van der Waals surface area contributed by atoms with Crippen LogP contribution < -0.4 is 10.4 Å². The zero-order valence-corrected chi connectivity index (χ0v) is 20.6. The minimum Gasteiger partial charge on any atom is -0.463 e. The highest BCUT2D eigenvalue weighted by Crippen LogP contribution is 2.36. The molecule has 0 N–H and O–H groups in total. The molecular formula is C27H36O3Si. The van der Waals surface area contributed by atoms with Gasteiger partial charge >= 0.3 is 5.97 Å². The van der Waals surface area contributed by atoms with Gasteiger partial charge in [-0.25, -0.2) is 4.79 Å². The van der Waals surface area contributed by atoms with Gasteiger partial charge in [-0.15, -0.1) is 0 Å². The van der Waals surface area contributed by atoms with Crippen LogP contribution in [0.3, 0.4) is 0 Å². The summed E-state index contributed by atoms with van der Waals surface area (Å²) >= 11 is 0. The van der Waals surface area contributed by atoms with Crippen molar-refractivity contribution in [2.75, 3.05) is 13.2 Å². The largest absolute Gasteiger partial charge is 0.463 e. The van der Waals surface area contributed by atoms with Crippen LogP contribution in [0.4, 0.5) is 0 Å². The number of hydrogen-bond acceptors (Lipinski definition) is 3. The molecule has 0 bridgehead atoms. The van der Waals surface area contributed by atoms with Crippen LogP contribution in [0.15, 0.2) is 84.5 Å². The minimum atomic E-state index is -2.51. The van der Waals surface area contributed by atoms with Crippen LogP contribution in [-0.2, 0) is 14.0 Å². The van der Waals surface area contributed by atoms with Gasteiger partial charge in [-0.2, -0.15) is 0 Å². The highest BCUT2D eigenvalue weighted by Gasteiger charge is 2.50. The van der Waals surface area contributed by atoms with Crippen molar-refractivity contribution in [3.63, 3.8) is 0 Å². The Balaban J connectivity index is 2.20. The Morgan fingerprint density at radius 1 is 0.935 bits per heavy atom. The molecule has 0 saturated carbocycles. The quantitative estimate of drug-likeness (QED) is 0.164. The molecule has 2 aromatic carbocycles. The normalized spacial score (nSPS) is 12.9. The third-order valence-corrected chi connectivity index (χ3v) is 10.3. The van der Waals surface area contributed by atoms with Crippen molar-refractivity contribution in [2.24, 2.45) is 0 Å². The summed E-state index contributed by atoms with van der Waals surface area (Å²) in [6.45, 7) is 11.8. The van der Waals surface area contributed by atoms with E-state index in [4.69, 9.17) is 9.16 Å². The molecule has 0 unspecified atom stereocenters. The zero-order valence-electron chi connectivity index (χ0n) is 19.6. The number of ether oxygens (including phenoxy) is 1. The maximum atomic E-state index is 11.4. The van der Waals surface area contributed by atoms with Crippen molar-refractivity contribution in [2.45, 2.75) is 52.5 Å². The lowest BCUT2D eigenvalue weighted by molar-refractivity contribution is -0.137. The Morgan fingerprint density at radius 3 is 1.97 bits per heavy atom. The van der Waals surface area contributed by atoms with Gasteiger partial charge in [0.1, 0.15) is 0 Å². The van der Waals surface area contributed by atoms with E-state index in [2.05, 4.69) is 94.4 Å². The van der Waals surface area contributed by atoms with Crippen molar-refractivity contribution in [1.82, 2.24) is 0 Å². The second-order valence-corrected chi connectivity index (χ2v) is 13.0. The van der Waals surface area contributed by atoms with E-state index in [9.17, 15) is 4.79 Å². The van der Waals surface area contributed by atoms with Crippen LogP contribution >= 0.6 is 0 Å². The first-order valence-electron chi connectivity index (χ1n) is 11.0. The number of allylic oxidation sites excluding steroid dienone is 2. The SMILES string of the molecule is CCOC(=O)/C=C/CC/C=C(\C)CO[Si](c1ccccc1)(c1ccccc1)C(C)(C)C. The van der Waals surface area contributed by atoms with Crippen LogP contribution in [0.5, 0.6) is 0 Å². The molecule has 0 radical (unpaired) electrons. The van der Waals surface area contributed by atoms with Crippen LogP contribution in [0, 0.1) is 0 Å². The van der Waals surface area contributed by atoms with E-state index < -0.39 is 8.32 Å². The number of carbonyl (C=O) groups excluding carboxylic acids is 1. The molecular weight excluding hydrogens is 400 g/mol. The zero-order chi connectivity index (χ0) is 22.7. The van der Waals surface area contributed by atoms with E-state index in [1.165, 1.54) is 22.0 Å². The van der Waals surface area contributed by atoms with E-state index in [0.29, 0.717) is 13.2 Å². The van der Waals surface area contributed by atoms with E-state index in [1.807, 2.05) is 13.0 Å². The molecule has 166 valence electrons. The van der Waals surface area contributed by atoms with E-state index in [0.717, 1.165) is 12.8 Å². The third-order valence-electron chi connectivity index (χ3n) is 5.30. The van der Waals surface area contributed by atoms with Gasteiger partial charge < -0.3 is 9.16 Å². The number of hydrogen-bond donors (Lipinski definition) is 0. The topological polar surface area (TPSA) is 35.5 Å². The predicted molar refractivity (Wildman–Crippen MR) is 132 cm³/mol. The second kappa shape index (κ2) is 11.8. The Kier molecular flexibility index (Phi) is 9.47. The highest BCUT2D eigenvalue weighted by molar-refractivity contribution is 6.99. The van der Waals surface area contributed by atoms with Gasteiger partial charge in [0.15, 0.2) is 0 Å². The van der Waals surface area contributed by atoms with Gasteiger partial charge in [0, 0.05) is 6.08 Å². The van der Waals surface area contributed by atoms with Gasteiger partial charge in [-0.05, 0) is 42.1 Å². The maximum Gasteiger partial charge on any atom is 0.330 e. The number of rotatable bonds is 10. The smallest absolute Gasteiger partial charge is 0.330 e. The van der Waals surface area contributed by atoms with E-state index in [1.54, 1.807) is 0 Å². The summed E-state index contributed by atoms with van der Waals surface area (Å²) in [5.41, 5.74) is 1.21. The Labute approximate surface area is 188 Å². The lowest BCUT2D eigenvalue weighted by Crippen LogP contribution is -2.66. The molecule has 0 heterocycles. The molecule has 0 aliphatic heterocycles. The van der Waals surface area contributed by atoms with E-state index in [-0.39, 0.29) is 11.0 Å². The molecule has 31 heavy (non-hydrogen) atoms. The monoisotopic (exact) mass is 436 g/mol. The van der Waals surface area contributed by atoms with Gasteiger partial charge in [-0.1, -0.05) is 99.2 Å². The predicted octanol–water partition coefficient (Wildman–Crippen LogP) is 5.41. The summed E-state index contributed by atoms with van der Waals surface area (Å²) in [4.78, 5) is 11.4. The first-order chi connectivity index (χ1) is 14.8. The van der Waals surface area contributed by atoms with Crippen LogP contribution in [0.1, 0.15) is 47.5 Å². The van der Waals surface area contributed by atoms with Crippen LogP contribution in [-0.4, -0.2) is 27.5 Å². The Bertz CT molecular complexity index is 825. The molecule has 0 aliphatic carbocycles. The molecule has 0 saturated heterocycles. The summed E-state index contributed by atoms with van der Waals surface area (Å²) in [7, 11) is -2.51. The van der Waals surface area contributed by atoms with Crippen molar-refractivity contribution in [3.8, 4) is 0 Å². The van der Waals surface area contributed by atoms with Gasteiger partial charge in [0.25, 0.3) is 8.32 Å². The molecule has 2 rings (SSSR count). The highest BCUT2D eigenvalue weighted by atomic mass is 28.4. The summed E-state index contributed by atoms with van der Waals surface area (Å²) in [5.74, 6) is -0.279. The van der Waals surface area contributed by atoms with E-state index >= 15 is 0 Å². The molecule has 2 aromatic rings. The van der Waals surface area contributed by atoms with Gasteiger partial charge in [-0.3, -0.25) is 0 Å². The minimum absolute atomic E-state index is 0.0294. The average Bonchev–Trinajstić information content (AvgIpc) is 2.75. The van der Waals surface area contributed by atoms with Gasteiger partial charge in [0.05, 0.1) is 13.2 Å². The lowest BCUT2D eigenvalue weighted by Gasteiger charge is -2.43. The first-order valence-corrected chi connectivity index (χ1v) is 13.0. The summed E-state index contributed by atoms with van der Waals surface area (Å²) < 4.78 is 11.8.